The van der Waals surface area contributed by atoms with Gasteiger partial charge >= 0.3 is 0 Å². The molecule has 4 nitrogen and oxygen atoms in total. The molecule has 0 bridgehead atoms. The first-order valence-electron chi connectivity index (χ1n) is 8.02. The molecule has 1 aliphatic carbocycles. The van der Waals surface area contributed by atoms with Gasteiger partial charge in [-0.2, -0.15) is 0 Å². The van der Waals surface area contributed by atoms with Gasteiger partial charge in [0.1, 0.15) is 12.1 Å². The third-order valence-corrected chi connectivity index (χ3v) is 4.37. The van der Waals surface area contributed by atoms with Crippen molar-refractivity contribution in [3.05, 3.63) is 18.1 Å². The monoisotopic (exact) mass is 274 g/mol. The first-order valence-corrected chi connectivity index (χ1v) is 8.02. The van der Waals surface area contributed by atoms with E-state index in [-0.39, 0.29) is 0 Å². The molecule has 2 aliphatic rings. The van der Waals surface area contributed by atoms with Gasteiger partial charge < -0.3 is 10.2 Å². The molecule has 2 fully saturated rings. The summed E-state index contributed by atoms with van der Waals surface area (Å²) in [5.74, 6) is 2.46. The Hall–Kier alpha value is -1.16. The van der Waals surface area contributed by atoms with E-state index >= 15 is 0 Å². The molecule has 1 unspecified atom stereocenters. The van der Waals surface area contributed by atoms with Crippen LogP contribution in [0.5, 0.6) is 0 Å². The number of nitrogens with zero attached hydrogens (tertiary/aromatic N) is 3. The second-order valence-electron chi connectivity index (χ2n) is 6.60. The zero-order valence-corrected chi connectivity index (χ0v) is 12.7. The molecule has 0 spiro atoms. The first kappa shape index (κ1) is 13.8. The van der Waals surface area contributed by atoms with Crippen LogP contribution < -0.4 is 10.2 Å². The Morgan fingerprint density at radius 1 is 1.25 bits per heavy atom. The molecule has 1 aromatic heterocycles. The van der Waals surface area contributed by atoms with Gasteiger partial charge in [-0.05, 0) is 44.1 Å². The van der Waals surface area contributed by atoms with Gasteiger partial charge in [0.15, 0.2) is 0 Å². The fraction of sp³-hybridized carbons (Fsp3) is 0.750. The number of nitrogens with one attached hydrogen (secondary N) is 1. The molecule has 0 amide bonds. The van der Waals surface area contributed by atoms with Crippen molar-refractivity contribution in [1.29, 1.82) is 0 Å². The minimum atomic E-state index is 0.462. The maximum atomic E-state index is 4.53. The molecule has 1 N–H and O–H groups in total. The second-order valence-corrected chi connectivity index (χ2v) is 6.60. The van der Waals surface area contributed by atoms with E-state index in [4.69, 9.17) is 0 Å². The number of anilines is 1. The Morgan fingerprint density at radius 3 is 2.75 bits per heavy atom. The predicted octanol–water partition coefficient (Wildman–Crippen LogP) is 2.57. The highest BCUT2D eigenvalue weighted by Gasteiger charge is 2.27. The molecular weight excluding hydrogens is 248 g/mol. The minimum Gasteiger partial charge on any atom is -0.355 e. The first-order chi connectivity index (χ1) is 9.72. The van der Waals surface area contributed by atoms with Gasteiger partial charge in [-0.1, -0.05) is 13.8 Å². The molecule has 1 saturated heterocycles. The predicted molar refractivity (Wildman–Crippen MR) is 82.1 cm³/mol. The zero-order valence-electron chi connectivity index (χ0n) is 12.7. The number of hydrogen-bond acceptors (Lipinski definition) is 4. The van der Waals surface area contributed by atoms with Crippen molar-refractivity contribution < 1.29 is 0 Å². The summed E-state index contributed by atoms with van der Waals surface area (Å²) in [7, 11) is 0. The summed E-state index contributed by atoms with van der Waals surface area (Å²) in [5, 5.41) is 3.60. The molecule has 1 saturated carbocycles. The van der Waals surface area contributed by atoms with Gasteiger partial charge in [-0.25, -0.2) is 9.97 Å². The Labute approximate surface area is 122 Å². The Balaban J connectivity index is 1.74. The Bertz CT molecular complexity index is 436. The summed E-state index contributed by atoms with van der Waals surface area (Å²) in [6, 6.07) is 2.81. The summed E-state index contributed by atoms with van der Waals surface area (Å²) in [6.07, 6.45) is 7.10. The number of hydrogen-bond donors (Lipinski definition) is 1. The van der Waals surface area contributed by atoms with Crippen molar-refractivity contribution in [2.24, 2.45) is 5.92 Å². The van der Waals surface area contributed by atoms with E-state index in [9.17, 15) is 0 Å². The fourth-order valence-corrected chi connectivity index (χ4v) is 2.90. The summed E-state index contributed by atoms with van der Waals surface area (Å²) < 4.78 is 0. The van der Waals surface area contributed by atoms with Crippen LogP contribution in [0.25, 0.3) is 0 Å². The smallest absolute Gasteiger partial charge is 0.132 e. The van der Waals surface area contributed by atoms with Crippen LogP contribution in [0.15, 0.2) is 12.4 Å². The van der Waals surface area contributed by atoms with E-state index in [0.29, 0.717) is 12.0 Å². The van der Waals surface area contributed by atoms with Gasteiger partial charge in [0.05, 0.1) is 0 Å². The van der Waals surface area contributed by atoms with Crippen molar-refractivity contribution in [2.75, 3.05) is 24.5 Å². The standard InChI is InChI=1S/C16H26N4/c1-12(2)15-8-16(19-11-18-15)20(9-13-5-6-13)10-14-4-3-7-17-14/h8,11-14,17H,3-7,9-10H2,1-2H3. The Morgan fingerprint density at radius 2 is 2.10 bits per heavy atom. The van der Waals surface area contributed by atoms with E-state index in [0.717, 1.165) is 30.5 Å². The van der Waals surface area contributed by atoms with Gasteiger partial charge in [0.25, 0.3) is 0 Å². The number of rotatable bonds is 6. The van der Waals surface area contributed by atoms with Crippen LogP contribution in [-0.4, -0.2) is 35.6 Å². The van der Waals surface area contributed by atoms with Crippen LogP contribution in [0.3, 0.4) is 0 Å². The van der Waals surface area contributed by atoms with Crippen LogP contribution in [-0.2, 0) is 0 Å². The minimum absolute atomic E-state index is 0.462. The topological polar surface area (TPSA) is 41.0 Å². The van der Waals surface area contributed by atoms with Crippen LogP contribution in [0.2, 0.25) is 0 Å². The van der Waals surface area contributed by atoms with Gasteiger partial charge in [0, 0.05) is 30.9 Å². The van der Waals surface area contributed by atoms with Gasteiger partial charge in [-0.3, -0.25) is 0 Å². The van der Waals surface area contributed by atoms with Crippen LogP contribution >= 0.6 is 0 Å². The number of aromatic nitrogens is 2. The molecule has 1 aromatic rings. The molecule has 3 rings (SSSR count). The van der Waals surface area contributed by atoms with E-state index in [2.05, 4.69) is 40.1 Å². The molecule has 1 aliphatic heterocycles. The molecule has 4 heteroatoms. The third-order valence-electron chi connectivity index (χ3n) is 4.37. The SMILES string of the molecule is CC(C)c1cc(N(CC2CC2)CC2CCCN2)ncn1. The highest BCUT2D eigenvalue weighted by atomic mass is 15.2. The van der Waals surface area contributed by atoms with Crippen molar-refractivity contribution in [1.82, 2.24) is 15.3 Å². The Kier molecular flexibility index (Phi) is 4.20. The second kappa shape index (κ2) is 6.08. The van der Waals surface area contributed by atoms with Crippen molar-refractivity contribution in [2.45, 2.75) is 51.5 Å². The molecule has 20 heavy (non-hydrogen) atoms. The maximum Gasteiger partial charge on any atom is 0.132 e. The average molecular weight is 274 g/mol. The van der Waals surface area contributed by atoms with Crippen LogP contribution in [0, 0.1) is 5.92 Å². The fourth-order valence-electron chi connectivity index (χ4n) is 2.90. The summed E-state index contributed by atoms with van der Waals surface area (Å²) in [6.45, 7) is 7.80. The highest BCUT2D eigenvalue weighted by molar-refractivity contribution is 5.40. The molecule has 0 aromatic carbocycles. The van der Waals surface area contributed by atoms with Gasteiger partial charge in [-0.15, -0.1) is 0 Å². The van der Waals surface area contributed by atoms with E-state index in [1.54, 1.807) is 6.33 Å². The third kappa shape index (κ3) is 3.48. The summed E-state index contributed by atoms with van der Waals surface area (Å²) >= 11 is 0. The van der Waals surface area contributed by atoms with Crippen molar-refractivity contribution in [3.8, 4) is 0 Å². The lowest BCUT2D eigenvalue weighted by Crippen LogP contribution is -2.39. The van der Waals surface area contributed by atoms with Crippen LogP contribution in [0.1, 0.15) is 51.1 Å². The van der Waals surface area contributed by atoms with E-state index < -0.39 is 0 Å². The van der Waals surface area contributed by atoms with E-state index in [1.165, 1.54) is 32.2 Å². The molecule has 0 radical (unpaired) electrons. The quantitative estimate of drug-likeness (QED) is 0.865. The average Bonchev–Trinajstić information content (AvgIpc) is 3.12. The molecule has 110 valence electrons. The lowest BCUT2D eigenvalue weighted by Gasteiger charge is -2.27. The highest BCUT2D eigenvalue weighted by Crippen LogP contribution is 2.31. The maximum absolute atomic E-state index is 4.53. The largest absolute Gasteiger partial charge is 0.355 e. The molecule has 2 heterocycles. The van der Waals surface area contributed by atoms with Crippen molar-refractivity contribution in [3.63, 3.8) is 0 Å². The van der Waals surface area contributed by atoms with Gasteiger partial charge in [0.2, 0.25) is 0 Å². The summed E-state index contributed by atoms with van der Waals surface area (Å²) in [4.78, 5) is 11.4. The molecular formula is C16H26N4. The van der Waals surface area contributed by atoms with E-state index in [1.807, 2.05) is 0 Å². The van der Waals surface area contributed by atoms with Crippen LogP contribution in [0.4, 0.5) is 5.82 Å². The zero-order chi connectivity index (χ0) is 13.9. The molecule has 1 atom stereocenters. The normalized spacial score (nSPS) is 22.4. The summed E-state index contributed by atoms with van der Waals surface area (Å²) in [5.41, 5.74) is 1.15. The van der Waals surface area contributed by atoms with Crippen molar-refractivity contribution >= 4 is 5.82 Å². The lowest BCUT2D eigenvalue weighted by atomic mass is 10.1. The lowest BCUT2D eigenvalue weighted by molar-refractivity contribution is 0.566.